The maximum absolute atomic E-state index is 12.3. The summed E-state index contributed by atoms with van der Waals surface area (Å²) in [4.78, 5) is 31.5. The van der Waals surface area contributed by atoms with Gasteiger partial charge in [-0.15, -0.1) is 23.1 Å². The van der Waals surface area contributed by atoms with Gasteiger partial charge in [-0.3, -0.25) is 9.59 Å². The van der Waals surface area contributed by atoms with Gasteiger partial charge in [0.25, 0.3) is 0 Å². The standard InChI is InChI=1S/C22H25N5O4S2/c1-14-11-19(26-31-14)25-21(29)15(2)32-13-20(28)23-17-5-3-16(4-6-17)18-12-33-22(24-18)27-7-9-30-10-8-27/h3-6,11-12,15H,7-10,13H2,1-2H3,(H,23,28)(H,25,26,29)/t15-/m1/s1. The molecule has 4 rings (SSSR count). The number of benzene rings is 1. The lowest BCUT2D eigenvalue weighted by Crippen LogP contribution is -2.36. The van der Waals surface area contributed by atoms with Gasteiger partial charge < -0.3 is 24.8 Å². The van der Waals surface area contributed by atoms with Crippen molar-refractivity contribution in [2.75, 3.05) is 47.6 Å². The Morgan fingerprint density at radius 3 is 2.67 bits per heavy atom. The number of ether oxygens (including phenoxy) is 1. The van der Waals surface area contributed by atoms with Crippen molar-refractivity contribution in [3.63, 3.8) is 0 Å². The highest BCUT2D eigenvalue weighted by molar-refractivity contribution is 8.01. The van der Waals surface area contributed by atoms with E-state index in [1.807, 2.05) is 29.6 Å². The van der Waals surface area contributed by atoms with E-state index in [1.165, 1.54) is 11.8 Å². The zero-order valence-electron chi connectivity index (χ0n) is 18.4. The van der Waals surface area contributed by atoms with Gasteiger partial charge in [0.1, 0.15) is 5.76 Å². The van der Waals surface area contributed by atoms with Gasteiger partial charge in [-0.2, -0.15) is 0 Å². The molecule has 33 heavy (non-hydrogen) atoms. The van der Waals surface area contributed by atoms with Crippen LogP contribution >= 0.6 is 23.1 Å². The third-order valence-corrected chi connectivity index (χ3v) is 7.00. The number of aryl methyl sites for hydroxylation is 1. The van der Waals surface area contributed by atoms with Crippen molar-refractivity contribution in [2.45, 2.75) is 19.1 Å². The number of hydrogen-bond acceptors (Lipinski definition) is 9. The normalized spacial score (nSPS) is 14.7. The van der Waals surface area contributed by atoms with Crippen LogP contribution in [0.3, 0.4) is 0 Å². The van der Waals surface area contributed by atoms with E-state index in [-0.39, 0.29) is 17.6 Å². The van der Waals surface area contributed by atoms with Crippen molar-refractivity contribution in [1.29, 1.82) is 0 Å². The zero-order chi connectivity index (χ0) is 23.2. The largest absolute Gasteiger partial charge is 0.378 e. The van der Waals surface area contributed by atoms with Crippen LogP contribution in [0, 0.1) is 6.92 Å². The molecule has 1 aromatic carbocycles. The second kappa shape index (κ2) is 10.8. The Hall–Kier alpha value is -2.89. The van der Waals surface area contributed by atoms with Crippen LogP contribution in [-0.2, 0) is 14.3 Å². The molecule has 0 unspecified atom stereocenters. The van der Waals surface area contributed by atoms with E-state index in [9.17, 15) is 9.59 Å². The zero-order valence-corrected chi connectivity index (χ0v) is 20.0. The topological polar surface area (TPSA) is 110 Å². The van der Waals surface area contributed by atoms with E-state index >= 15 is 0 Å². The molecule has 0 radical (unpaired) electrons. The van der Waals surface area contributed by atoms with Crippen LogP contribution in [-0.4, -0.2) is 59.3 Å². The van der Waals surface area contributed by atoms with Gasteiger partial charge in [-0.1, -0.05) is 17.3 Å². The molecule has 2 N–H and O–H groups in total. The fourth-order valence-corrected chi connectivity index (χ4v) is 4.72. The Balaban J connectivity index is 1.25. The van der Waals surface area contributed by atoms with E-state index in [0.717, 1.165) is 42.7 Å². The minimum Gasteiger partial charge on any atom is -0.378 e. The summed E-state index contributed by atoms with van der Waals surface area (Å²) in [7, 11) is 0. The SMILES string of the molecule is Cc1cc(NC(=O)[C@@H](C)SCC(=O)Nc2ccc(-c3csc(N4CCOCC4)n3)cc2)no1. The summed E-state index contributed by atoms with van der Waals surface area (Å²) in [5, 5.41) is 11.9. The molecule has 9 nitrogen and oxygen atoms in total. The van der Waals surface area contributed by atoms with Gasteiger partial charge in [0.2, 0.25) is 11.8 Å². The van der Waals surface area contributed by atoms with Crippen LogP contribution in [0.1, 0.15) is 12.7 Å². The molecule has 2 amide bonds. The first kappa shape index (κ1) is 23.3. The highest BCUT2D eigenvalue weighted by Gasteiger charge is 2.18. The molecule has 1 atom stereocenters. The summed E-state index contributed by atoms with van der Waals surface area (Å²) in [6.45, 7) is 6.66. The predicted molar refractivity (Wildman–Crippen MR) is 131 cm³/mol. The van der Waals surface area contributed by atoms with Crippen molar-refractivity contribution in [1.82, 2.24) is 10.1 Å². The number of rotatable bonds is 8. The number of thiazole rings is 1. The molecule has 2 aromatic heterocycles. The van der Waals surface area contributed by atoms with Gasteiger partial charge >= 0.3 is 0 Å². The van der Waals surface area contributed by atoms with E-state index in [0.29, 0.717) is 17.3 Å². The average molecular weight is 488 g/mol. The number of nitrogens with zero attached hydrogens (tertiary/aromatic N) is 3. The van der Waals surface area contributed by atoms with Crippen LogP contribution in [0.5, 0.6) is 0 Å². The molecule has 0 bridgehead atoms. The molecule has 11 heteroatoms. The first-order chi connectivity index (χ1) is 16.0. The number of anilines is 3. The fourth-order valence-electron chi connectivity index (χ4n) is 3.15. The minimum atomic E-state index is -0.416. The lowest BCUT2D eigenvalue weighted by molar-refractivity contribution is -0.115. The van der Waals surface area contributed by atoms with Gasteiger partial charge in [-0.05, 0) is 26.0 Å². The average Bonchev–Trinajstić information content (AvgIpc) is 3.48. The number of morpholine rings is 1. The van der Waals surface area contributed by atoms with Gasteiger partial charge in [-0.25, -0.2) is 4.98 Å². The summed E-state index contributed by atoms with van der Waals surface area (Å²) < 4.78 is 10.3. The Kier molecular flexibility index (Phi) is 7.63. The number of carbonyl (C=O) groups is 2. The van der Waals surface area contributed by atoms with Crippen molar-refractivity contribution in [3.05, 3.63) is 41.5 Å². The molecule has 0 aliphatic carbocycles. The number of carbonyl (C=O) groups excluding carboxylic acids is 2. The highest BCUT2D eigenvalue weighted by Crippen LogP contribution is 2.28. The number of aromatic nitrogens is 2. The lowest BCUT2D eigenvalue weighted by atomic mass is 10.1. The number of hydrogen-bond donors (Lipinski definition) is 2. The number of amides is 2. The third kappa shape index (κ3) is 6.34. The molecule has 3 aromatic rings. The molecule has 1 saturated heterocycles. The maximum Gasteiger partial charge on any atom is 0.238 e. The van der Waals surface area contributed by atoms with Gasteiger partial charge in [0.15, 0.2) is 10.9 Å². The molecule has 0 spiro atoms. The number of thioether (sulfide) groups is 1. The molecule has 0 saturated carbocycles. The molecule has 174 valence electrons. The second-order valence-corrected chi connectivity index (χ2v) is 9.67. The first-order valence-corrected chi connectivity index (χ1v) is 12.4. The number of nitrogens with one attached hydrogen (secondary N) is 2. The van der Waals surface area contributed by atoms with Crippen LogP contribution in [0.4, 0.5) is 16.6 Å². The fraction of sp³-hybridized carbons (Fsp3) is 0.364. The molecule has 3 heterocycles. The van der Waals surface area contributed by atoms with Gasteiger partial charge in [0.05, 0.1) is 29.9 Å². The molecular weight excluding hydrogens is 462 g/mol. The van der Waals surface area contributed by atoms with E-state index < -0.39 is 5.25 Å². The monoisotopic (exact) mass is 487 g/mol. The van der Waals surface area contributed by atoms with E-state index in [2.05, 4.69) is 20.7 Å². The molecule has 1 aliphatic heterocycles. The molecular formula is C22H25N5O4S2. The van der Waals surface area contributed by atoms with E-state index in [4.69, 9.17) is 14.2 Å². The quantitative estimate of drug-likeness (QED) is 0.496. The minimum absolute atomic E-state index is 0.156. The summed E-state index contributed by atoms with van der Waals surface area (Å²) >= 11 is 2.87. The Morgan fingerprint density at radius 2 is 1.97 bits per heavy atom. The van der Waals surface area contributed by atoms with Crippen molar-refractivity contribution in [2.24, 2.45) is 0 Å². The first-order valence-electron chi connectivity index (χ1n) is 10.5. The maximum atomic E-state index is 12.3. The Labute approximate surface area is 199 Å². The van der Waals surface area contributed by atoms with Crippen molar-refractivity contribution in [3.8, 4) is 11.3 Å². The summed E-state index contributed by atoms with van der Waals surface area (Å²) in [5.74, 6) is 0.733. The summed E-state index contributed by atoms with van der Waals surface area (Å²) in [5.41, 5.74) is 2.60. The van der Waals surface area contributed by atoms with Crippen LogP contribution in [0.15, 0.2) is 40.2 Å². The van der Waals surface area contributed by atoms with Crippen LogP contribution in [0.25, 0.3) is 11.3 Å². The van der Waals surface area contributed by atoms with Gasteiger partial charge in [0, 0.05) is 35.8 Å². The van der Waals surface area contributed by atoms with E-state index in [1.54, 1.807) is 31.3 Å². The van der Waals surface area contributed by atoms with Crippen molar-refractivity contribution >= 4 is 51.5 Å². The van der Waals surface area contributed by atoms with Crippen LogP contribution in [0.2, 0.25) is 0 Å². The summed E-state index contributed by atoms with van der Waals surface area (Å²) in [6, 6.07) is 9.23. The predicted octanol–water partition coefficient (Wildman–Crippen LogP) is 3.64. The Morgan fingerprint density at radius 1 is 1.21 bits per heavy atom. The highest BCUT2D eigenvalue weighted by atomic mass is 32.2. The second-order valence-electron chi connectivity index (χ2n) is 7.51. The van der Waals surface area contributed by atoms with Crippen molar-refractivity contribution < 1.29 is 18.8 Å². The third-order valence-electron chi connectivity index (χ3n) is 4.95. The molecule has 1 fully saturated rings. The van der Waals surface area contributed by atoms with Crippen LogP contribution < -0.4 is 15.5 Å². The summed E-state index contributed by atoms with van der Waals surface area (Å²) in [6.07, 6.45) is 0. The lowest BCUT2D eigenvalue weighted by Gasteiger charge is -2.26. The molecule has 1 aliphatic rings. The smallest absolute Gasteiger partial charge is 0.238 e. The Bertz CT molecular complexity index is 1090.